The van der Waals surface area contributed by atoms with Gasteiger partial charge in [-0.2, -0.15) is 0 Å². The molecule has 2 aromatic heterocycles. The zero-order valence-corrected chi connectivity index (χ0v) is 15.1. The molecule has 0 atom stereocenters. The van der Waals surface area contributed by atoms with E-state index in [1.54, 1.807) is 29.9 Å². The molecule has 3 aromatic rings. The molecule has 0 aliphatic rings. The lowest BCUT2D eigenvalue weighted by molar-refractivity contribution is 0.0476. The third kappa shape index (κ3) is 2.92. The number of ketones is 1. The van der Waals surface area contributed by atoms with Crippen LogP contribution < -0.4 is 17.0 Å². The number of aryl methyl sites for hydroxylation is 1. The van der Waals surface area contributed by atoms with Gasteiger partial charge in [0.15, 0.2) is 6.61 Å². The van der Waals surface area contributed by atoms with E-state index < -0.39 is 29.6 Å². The molecule has 0 aliphatic heterocycles. The van der Waals surface area contributed by atoms with Crippen LogP contribution in [0.3, 0.4) is 0 Å². The molecular weight excluding hydrogens is 352 g/mol. The number of Topliss-reactive ketones (excluding diaryl/α,β-unsaturated/α-hetero) is 1. The van der Waals surface area contributed by atoms with Gasteiger partial charge in [-0.05, 0) is 6.07 Å². The van der Waals surface area contributed by atoms with Crippen molar-refractivity contribution in [1.82, 2.24) is 13.7 Å². The quantitative estimate of drug-likeness (QED) is 0.518. The Bertz CT molecular complexity index is 1200. The Morgan fingerprint density at radius 3 is 2.44 bits per heavy atom. The van der Waals surface area contributed by atoms with Gasteiger partial charge in [-0.25, -0.2) is 9.59 Å². The molecule has 2 N–H and O–H groups in total. The van der Waals surface area contributed by atoms with E-state index in [9.17, 15) is 19.2 Å². The molecule has 0 radical (unpaired) electrons. The Morgan fingerprint density at radius 2 is 1.74 bits per heavy atom. The van der Waals surface area contributed by atoms with E-state index in [0.29, 0.717) is 10.9 Å². The van der Waals surface area contributed by atoms with E-state index in [-0.39, 0.29) is 11.4 Å². The monoisotopic (exact) mass is 370 g/mol. The lowest BCUT2D eigenvalue weighted by atomic mass is 10.2. The third-order valence-electron chi connectivity index (χ3n) is 4.44. The molecule has 3 rings (SSSR count). The highest BCUT2D eigenvalue weighted by Gasteiger charge is 2.22. The predicted octanol–water partition coefficient (Wildman–Crippen LogP) is 0.198. The maximum absolute atomic E-state index is 12.4. The Morgan fingerprint density at radius 1 is 1.07 bits per heavy atom. The number of aromatic nitrogens is 3. The molecule has 0 amide bonds. The van der Waals surface area contributed by atoms with Crippen molar-refractivity contribution < 1.29 is 14.3 Å². The second-order valence-corrected chi connectivity index (χ2v) is 6.14. The minimum absolute atomic E-state index is 0.269. The van der Waals surface area contributed by atoms with Gasteiger partial charge in [-0.3, -0.25) is 18.7 Å². The van der Waals surface area contributed by atoms with Crippen molar-refractivity contribution in [2.75, 3.05) is 12.3 Å². The number of ether oxygens (including phenoxy) is 1. The number of fused-ring (bicyclic) bond motifs is 1. The first-order chi connectivity index (χ1) is 12.7. The fraction of sp³-hybridized carbons (Fsp3) is 0.222. The second-order valence-electron chi connectivity index (χ2n) is 6.14. The highest BCUT2D eigenvalue weighted by atomic mass is 16.5. The summed E-state index contributed by atoms with van der Waals surface area (Å²) in [5.41, 5.74) is 5.01. The summed E-state index contributed by atoms with van der Waals surface area (Å²) in [6.07, 6.45) is 1.61. The van der Waals surface area contributed by atoms with Crippen molar-refractivity contribution in [2.45, 2.75) is 0 Å². The molecule has 0 fully saturated rings. The van der Waals surface area contributed by atoms with Crippen LogP contribution in [0.4, 0.5) is 5.82 Å². The van der Waals surface area contributed by atoms with Crippen LogP contribution in [0.25, 0.3) is 10.9 Å². The summed E-state index contributed by atoms with van der Waals surface area (Å²) in [6, 6.07) is 7.26. The van der Waals surface area contributed by atoms with Gasteiger partial charge < -0.3 is 15.0 Å². The van der Waals surface area contributed by atoms with E-state index in [0.717, 1.165) is 14.7 Å². The van der Waals surface area contributed by atoms with Gasteiger partial charge in [0.1, 0.15) is 11.4 Å². The highest BCUT2D eigenvalue weighted by molar-refractivity contribution is 6.06. The second kappa shape index (κ2) is 6.60. The minimum atomic E-state index is -0.832. The van der Waals surface area contributed by atoms with E-state index in [4.69, 9.17) is 10.5 Å². The van der Waals surface area contributed by atoms with Crippen LogP contribution in [0.15, 0.2) is 40.1 Å². The molecule has 0 bridgehead atoms. The average molecular weight is 370 g/mol. The summed E-state index contributed by atoms with van der Waals surface area (Å²) in [7, 11) is 4.37. The zero-order valence-electron chi connectivity index (χ0n) is 15.1. The molecule has 9 heteroatoms. The van der Waals surface area contributed by atoms with Crippen LogP contribution in [-0.2, 0) is 25.9 Å². The number of nitrogens with zero attached hydrogens (tertiary/aromatic N) is 3. The minimum Gasteiger partial charge on any atom is -0.454 e. The van der Waals surface area contributed by atoms with Gasteiger partial charge in [0, 0.05) is 38.2 Å². The zero-order chi connectivity index (χ0) is 19.9. The van der Waals surface area contributed by atoms with E-state index in [2.05, 4.69) is 0 Å². The normalized spacial score (nSPS) is 10.9. The number of benzene rings is 1. The Hall–Kier alpha value is -3.62. The number of esters is 1. The number of hydrogen-bond donors (Lipinski definition) is 1. The molecule has 2 heterocycles. The number of nitrogens with two attached hydrogens (primary N) is 1. The fourth-order valence-electron chi connectivity index (χ4n) is 2.91. The first-order valence-electron chi connectivity index (χ1n) is 8.04. The van der Waals surface area contributed by atoms with Gasteiger partial charge >= 0.3 is 11.7 Å². The van der Waals surface area contributed by atoms with Gasteiger partial charge in [-0.1, -0.05) is 18.2 Å². The fourth-order valence-corrected chi connectivity index (χ4v) is 2.91. The largest absolute Gasteiger partial charge is 0.454 e. The Labute approximate surface area is 153 Å². The summed E-state index contributed by atoms with van der Waals surface area (Å²) in [5, 5.41) is 0.690. The lowest BCUT2D eigenvalue weighted by Crippen LogP contribution is -2.42. The first-order valence-corrected chi connectivity index (χ1v) is 8.04. The molecule has 1 aromatic carbocycles. The topological polar surface area (TPSA) is 118 Å². The van der Waals surface area contributed by atoms with Gasteiger partial charge in [0.05, 0.1) is 5.56 Å². The number of hydrogen-bond acceptors (Lipinski definition) is 6. The molecule has 0 spiro atoms. The standard InChI is InChI=1S/C18H18N4O5/c1-20-8-11(10-6-4-5-7-12(10)20)17(25)27-9-13(23)14-15(19)21(2)18(26)22(3)16(14)24/h4-8H,9,19H2,1-3H3. The maximum atomic E-state index is 12.4. The van der Waals surface area contributed by atoms with Crippen molar-refractivity contribution in [2.24, 2.45) is 21.1 Å². The molecule has 0 aliphatic carbocycles. The maximum Gasteiger partial charge on any atom is 0.340 e. The summed E-state index contributed by atoms with van der Waals surface area (Å²) in [4.78, 5) is 48.8. The van der Waals surface area contributed by atoms with Crippen LogP contribution >= 0.6 is 0 Å². The van der Waals surface area contributed by atoms with Crippen LogP contribution in [0.2, 0.25) is 0 Å². The number of anilines is 1. The van der Waals surface area contributed by atoms with Crippen molar-refractivity contribution in [3.63, 3.8) is 0 Å². The summed E-state index contributed by atoms with van der Waals surface area (Å²) in [5.74, 6) is -1.74. The number of carbonyl (C=O) groups excluding carboxylic acids is 2. The van der Waals surface area contributed by atoms with Crippen molar-refractivity contribution >= 4 is 28.5 Å². The average Bonchev–Trinajstić information content (AvgIpc) is 3.00. The van der Waals surface area contributed by atoms with E-state index in [1.807, 2.05) is 12.1 Å². The number of nitrogen functional groups attached to an aromatic ring is 1. The van der Waals surface area contributed by atoms with Crippen molar-refractivity contribution in [3.05, 3.63) is 62.4 Å². The van der Waals surface area contributed by atoms with Gasteiger partial charge in [0.25, 0.3) is 5.56 Å². The number of carbonyl (C=O) groups is 2. The first kappa shape index (κ1) is 18.2. The Kier molecular flexibility index (Phi) is 4.44. The van der Waals surface area contributed by atoms with Crippen molar-refractivity contribution in [3.8, 4) is 0 Å². The van der Waals surface area contributed by atoms with Crippen LogP contribution in [0, 0.1) is 0 Å². The smallest absolute Gasteiger partial charge is 0.340 e. The summed E-state index contributed by atoms with van der Waals surface area (Å²) in [6.45, 7) is -0.667. The van der Waals surface area contributed by atoms with Crippen LogP contribution in [0.1, 0.15) is 20.7 Å². The van der Waals surface area contributed by atoms with Gasteiger partial charge in [-0.15, -0.1) is 0 Å². The highest BCUT2D eigenvalue weighted by Crippen LogP contribution is 2.21. The van der Waals surface area contributed by atoms with E-state index in [1.165, 1.54) is 14.1 Å². The molecule has 9 nitrogen and oxygen atoms in total. The molecule has 140 valence electrons. The van der Waals surface area contributed by atoms with E-state index >= 15 is 0 Å². The van der Waals surface area contributed by atoms with Crippen LogP contribution in [0.5, 0.6) is 0 Å². The number of rotatable bonds is 4. The molecular formula is C18H18N4O5. The molecule has 0 saturated heterocycles. The SMILES string of the molecule is Cn1c(N)c(C(=O)COC(=O)c2cn(C)c3ccccc23)c(=O)n(C)c1=O. The lowest BCUT2D eigenvalue weighted by Gasteiger charge is -2.10. The molecule has 0 unspecified atom stereocenters. The summed E-state index contributed by atoms with van der Waals surface area (Å²) < 4.78 is 8.63. The summed E-state index contributed by atoms with van der Waals surface area (Å²) >= 11 is 0. The number of para-hydroxylation sites is 1. The predicted molar refractivity (Wildman–Crippen MR) is 98.9 cm³/mol. The Balaban J connectivity index is 1.87. The third-order valence-corrected chi connectivity index (χ3v) is 4.44. The van der Waals surface area contributed by atoms with Crippen LogP contribution in [-0.4, -0.2) is 32.1 Å². The molecule has 0 saturated carbocycles. The molecule has 27 heavy (non-hydrogen) atoms. The van der Waals surface area contributed by atoms with Crippen molar-refractivity contribution in [1.29, 1.82) is 0 Å². The van der Waals surface area contributed by atoms with Gasteiger partial charge in [0.2, 0.25) is 5.78 Å².